The second kappa shape index (κ2) is 9.39. The first kappa shape index (κ1) is 26.0. The van der Waals surface area contributed by atoms with Crippen molar-refractivity contribution in [3.8, 4) is 33.4 Å². The van der Waals surface area contributed by atoms with E-state index < -0.39 is 0 Å². The van der Waals surface area contributed by atoms with Crippen LogP contribution in [0.25, 0.3) is 85.9 Å². The molecule has 1 aliphatic carbocycles. The van der Waals surface area contributed by atoms with E-state index in [0.717, 1.165) is 0 Å². The van der Waals surface area contributed by atoms with E-state index in [1.54, 1.807) is 0 Å². The molecular weight excluding hydrogens is 573 g/mol. The van der Waals surface area contributed by atoms with Crippen molar-refractivity contribution in [2.45, 2.75) is 19.3 Å². The lowest BCUT2D eigenvalue weighted by atomic mass is 9.80. The number of rotatable bonds is 2. The summed E-state index contributed by atoms with van der Waals surface area (Å²) in [5.74, 6) is 0. The molecule has 0 atom stereocenters. The Bertz CT molecular complexity index is 2660. The molecule has 216 valence electrons. The van der Waals surface area contributed by atoms with Crippen molar-refractivity contribution in [2.75, 3.05) is 0 Å². The third kappa shape index (κ3) is 3.44. The summed E-state index contributed by atoms with van der Waals surface area (Å²) in [7, 11) is 0. The first-order chi connectivity index (χ1) is 22.6. The van der Waals surface area contributed by atoms with E-state index in [-0.39, 0.29) is 5.41 Å². The molecule has 0 N–H and O–H groups in total. The van der Waals surface area contributed by atoms with E-state index in [9.17, 15) is 0 Å². The summed E-state index contributed by atoms with van der Waals surface area (Å²) in [4.78, 5) is 0. The summed E-state index contributed by atoms with van der Waals surface area (Å²) in [6, 6.07) is 54.4. The van der Waals surface area contributed by atoms with Crippen LogP contribution in [0.15, 0.2) is 146 Å². The lowest BCUT2D eigenvalue weighted by Crippen LogP contribution is -2.15. The van der Waals surface area contributed by atoms with Crippen molar-refractivity contribution in [3.05, 3.63) is 157 Å². The standard InChI is InChI=1S/C45H30S/c1-45(2)39-25-23-28(26-38(39)35-24-22-27-12-3-4-13-29(27)43(35)45)41-31-15-5-7-17-33(31)42(34-18-8-6-16-32(34)41)37-20-11-19-36-30-14-9-10-21-40(30)46-44(36)37/h3-26H,1-2H3. The summed E-state index contributed by atoms with van der Waals surface area (Å²) in [5, 5.41) is 10.5. The maximum Gasteiger partial charge on any atom is 0.0434 e. The Balaban J connectivity index is 1.28. The zero-order chi connectivity index (χ0) is 30.6. The van der Waals surface area contributed by atoms with E-state index in [0.29, 0.717) is 0 Å². The lowest BCUT2D eigenvalue weighted by molar-refractivity contribution is 0.666. The van der Waals surface area contributed by atoms with E-state index in [4.69, 9.17) is 0 Å². The van der Waals surface area contributed by atoms with Crippen LogP contribution in [0.3, 0.4) is 0 Å². The third-order valence-corrected chi connectivity index (χ3v) is 11.7. The van der Waals surface area contributed by atoms with Gasteiger partial charge in [-0.15, -0.1) is 11.3 Å². The van der Waals surface area contributed by atoms with Gasteiger partial charge in [-0.05, 0) is 83.4 Å². The molecule has 0 unspecified atom stereocenters. The minimum Gasteiger partial charge on any atom is -0.135 e. The van der Waals surface area contributed by atoms with Gasteiger partial charge in [-0.3, -0.25) is 0 Å². The van der Waals surface area contributed by atoms with Gasteiger partial charge in [-0.25, -0.2) is 0 Å². The second-order valence-electron chi connectivity index (χ2n) is 13.2. The van der Waals surface area contributed by atoms with Gasteiger partial charge in [0, 0.05) is 31.2 Å². The fraction of sp³-hybridized carbons (Fsp3) is 0.0667. The number of benzene rings is 8. The van der Waals surface area contributed by atoms with Crippen molar-refractivity contribution < 1.29 is 0 Å². The fourth-order valence-corrected chi connectivity index (χ4v) is 9.67. The van der Waals surface area contributed by atoms with Gasteiger partial charge in [0.05, 0.1) is 0 Å². The molecule has 0 saturated heterocycles. The predicted molar refractivity (Wildman–Crippen MR) is 200 cm³/mol. The van der Waals surface area contributed by atoms with Crippen molar-refractivity contribution in [1.82, 2.24) is 0 Å². The maximum atomic E-state index is 2.47. The SMILES string of the molecule is CC1(C)c2ccc(-c3c4ccccc4c(-c4cccc5c4sc4ccccc45)c4ccccc34)cc2-c2ccc3ccccc3c21. The molecular formula is C45H30S. The number of fused-ring (bicyclic) bond motifs is 10. The highest BCUT2D eigenvalue weighted by Gasteiger charge is 2.37. The number of hydrogen-bond acceptors (Lipinski definition) is 1. The molecule has 9 aromatic rings. The van der Waals surface area contributed by atoms with Crippen LogP contribution in [-0.2, 0) is 5.41 Å². The molecule has 0 spiro atoms. The molecule has 1 heteroatoms. The Hall–Kier alpha value is -5.24. The van der Waals surface area contributed by atoms with Gasteiger partial charge in [0.1, 0.15) is 0 Å². The molecule has 1 aromatic heterocycles. The van der Waals surface area contributed by atoms with Gasteiger partial charge in [-0.1, -0.05) is 147 Å². The Labute approximate surface area is 272 Å². The molecule has 8 aromatic carbocycles. The molecule has 0 amide bonds. The molecule has 0 bridgehead atoms. The Morgan fingerprint density at radius 3 is 1.78 bits per heavy atom. The summed E-state index contributed by atoms with van der Waals surface area (Å²) in [6.45, 7) is 4.77. The third-order valence-electron chi connectivity index (χ3n) is 10.4. The Morgan fingerprint density at radius 1 is 0.435 bits per heavy atom. The van der Waals surface area contributed by atoms with Crippen LogP contribution in [-0.4, -0.2) is 0 Å². The van der Waals surface area contributed by atoms with E-state index in [1.807, 2.05) is 11.3 Å². The van der Waals surface area contributed by atoms with Gasteiger partial charge in [-0.2, -0.15) is 0 Å². The van der Waals surface area contributed by atoms with Gasteiger partial charge in [0.25, 0.3) is 0 Å². The van der Waals surface area contributed by atoms with Crippen LogP contribution in [0.1, 0.15) is 25.0 Å². The first-order valence-electron chi connectivity index (χ1n) is 16.1. The smallest absolute Gasteiger partial charge is 0.0434 e. The normalized spacial score (nSPS) is 13.6. The number of hydrogen-bond donors (Lipinski definition) is 0. The van der Waals surface area contributed by atoms with Crippen molar-refractivity contribution in [1.29, 1.82) is 0 Å². The molecule has 0 fully saturated rings. The second-order valence-corrected chi connectivity index (χ2v) is 14.3. The van der Waals surface area contributed by atoms with Crippen LogP contribution in [0, 0.1) is 0 Å². The minimum absolute atomic E-state index is 0.0685. The van der Waals surface area contributed by atoms with Crippen LogP contribution in [0.5, 0.6) is 0 Å². The largest absolute Gasteiger partial charge is 0.135 e. The molecule has 0 radical (unpaired) electrons. The highest BCUT2D eigenvalue weighted by Crippen LogP contribution is 2.53. The van der Waals surface area contributed by atoms with Crippen LogP contribution < -0.4 is 0 Å². The summed E-state index contributed by atoms with van der Waals surface area (Å²) in [5.41, 5.74) is 10.7. The monoisotopic (exact) mass is 602 g/mol. The molecule has 1 aliphatic rings. The molecule has 0 saturated carbocycles. The van der Waals surface area contributed by atoms with Crippen LogP contribution in [0.4, 0.5) is 0 Å². The predicted octanol–water partition coefficient (Wildman–Crippen LogP) is 13.2. The van der Waals surface area contributed by atoms with Crippen molar-refractivity contribution in [3.63, 3.8) is 0 Å². The van der Waals surface area contributed by atoms with Crippen LogP contribution >= 0.6 is 11.3 Å². The fourth-order valence-electron chi connectivity index (χ4n) is 8.45. The average Bonchev–Trinajstić information content (AvgIpc) is 3.59. The van der Waals surface area contributed by atoms with Crippen molar-refractivity contribution >= 4 is 63.8 Å². The van der Waals surface area contributed by atoms with Crippen LogP contribution in [0.2, 0.25) is 0 Å². The zero-order valence-electron chi connectivity index (χ0n) is 25.8. The summed E-state index contributed by atoms with van der Waals surface area (Å²) in [6.07, 6.45) is 0. The van der Waals surface area contributed by atoms with Crippen molar-refractivity contribution in [2.24, 2.45) is 0 Å². The number of thiophene rings is 1. The molecule has 0 nitrogen and oxygen atoms in total. The topological polar surface area (TPSA) is 0 Å². The highest BCUT2D eigenvalue weighted by atomic mass is 32.1. The van der Waals surface area contributed by atoms with Gasteiger partial charge in [0.15, 0.2) is 0 Å². The lowest BCUT2D eigenvalue weighted by Gasteiger charge is -2.23. The Kier molecular flexibility index (Phi) is 5.31. The summed E-state index contributed by atoms with van der Waals surface area (Å²) >= 11 is 1.91. The van der Waals surface area contributed by atoms with Gasteiger partial charge < -0.3 is 0 Å². The van der Waals surface area contributed by atoms with E-state index in [2.05, 4.69) is 159 Å². The first-order valence-corrected chi connectivity index (χ1v) is 16.9. The molecule has 10 rings (SSSR count). The van der Waals surface area contributed by atoms with Gasteiger partial charge in [0.2, 0.25) is 0 Å². The Morgan fingerprint density at radius 2 is 1.04 bits per heavy atom. The maximum absolute atomic E-state index is 2.47. The van der Waals surface area contributed by atoms with Gasteiger partial charge >= 0.3 is 0 Å². The summed E-state index contributed by atoms with van der Waals surface area (Å²) < 4.78 is 2.69. The quantitative estimate of drug-likeness (QED) is 0.173. The minimum atomic E-state index is -0.0685. The van der Waals surface area contributed by atoms with E-state index >= 15 is 0 Å². The zero-order valence-corrected chi connectivity index (χ0v) is 26.6. The highest BCUT2D eigenvalue weighted by molar-refractivity contribution is 7.26. The molecule has 46 heavy (non-hydrogen) atoms. The van der Waals surface area contributed by atoms with E-state index in [1.165, 1.54) is 97.0 Å². The average molecular weight is 603 g/mol. The molecule has 0 aliphatic heterocycles. The molecule has 1 heterocycles.